The highest BCUT2D eigenvalue weighted by Gasteiger charge is 2.13. The normalized spacial score (nSPS) is 14.2. The van der Waals surface area contributed by atoms with Gasteiger partial charge in [-0.25, -0.2) is 0 Å². The number of rotatable bonds is 3. The van der Waals surface area contributed by atoms with Crippen LogP contribution in [0.15, 0.2) is 53.6 Å². The predicted octanol–water partition coefficient (Wildman–Crippen LogP) is 2.99. The molecule has 5 nitrogen and oxygen atoms in total. The molecular formula is C16H15N3O2. The van der Waals surface area contributed by atoms with E-state index in [-0.39, 0.29) is 5.69 Å². The molecule has 0 bridgehead atoms. The number of nitro groups is 1. The molecule has 0 aromatic heterocycles. The summed E-state index contributed by atoms with van der Waals surface area (Å²) >= 11 is 0. The molecular weight excluding hydrogens is 266 g/mol. The van der Waals surface area contributed by atoms with Crippen LogP contribution in [0.1, 0.15) is 16.7 Å². The molecule has 1 aliphatic rings. The first-order chi connectivity index (χ1) is 10.2. The summed E-state index contributed by atoms with van der Waals surface area (Å²) in [6, 6.07) is 14.8. The van der Waals surface area contributed by atoms with Crippen molar-refractivity contribution in [3.63, 3.8) is 0 Å². The van der Waals surface area contributed by atoms with E-state index in [1.165, 1.54) is 23.3 Å². The quantitative estimate of drug-likeness (QED) is 0.493. The third kappa shape index (κ3) is 3.08. The second-order valence-electron chi connectivity index (χ2n) is 5.00. The summed E-state index contributed by atoms with van der Waals surface area (Å²) in [5.74, 6) is 0. The SMILES string of the molecule is O=[N+]([O-])c1ccc(/C=N/N2CCc3ccccc3C2)cc1. The smallest absolute Gasteiger partial charge is 0.269 e. The zero-order valence-electron chi connectivity index (χ0n) is 11.5. The number of hydrazone groups is 1. The molecule has 2 aromatic carbocycles. The van der Waals surface area contributed by atoms with Gasteiger partial charge >= 0.3 is 0 Å². The summed E-state index contributed by atoms with van der Waals surface area (Å²) in [5, 5.41) is 17.1. The van der Waals surface area contributed by atoms with Gasteiger partial charge in [0.15, 0.2) is 0 Å². The lowest BCUT2D eigenvalue weighted by Crippen LogP contribution is -2.25. The van der Waals surface area contributed by atoms with Gasteiger partial charge in [0.05, 0.1) is 17.7 Å². The number of fused-ring (bicyclic) bond motifs is 1. The van der Waals surface area contributed by atoms with Crippen molar-refractivity contribution in [1.29, 1.82) is 0 Å². The van der Waals surface area contributed by atoms with Crippen LogP contribution < -0.4 is 0 Å². The van der Waals surface area contributed by atoms with Gasteiger partial charge in [0.1, 0.15) is 0 Å². The molecule has 0 saturated heterocycles. The van der Waals surface area contributed by atoms with Crippen LogP contribution in [-0.4, -0.2) is 22.7 Å². The number of hydrogen-bond donors (Lipinski definition) is 0. The van der Waals surface area contributed by atoms with E-state index in [0.717, 1.165) is 25.1 Å². The van der Waals surface area contributed by atoms with Gasteiger partial charge in [0.2, 0.25) is 0 Å². The Balaban J connectivity index is 1.68. The van der Waals surface area contributed by atoms with Crippen LogP contribution in [0.5, 0.6) is 0 Å². The Labute approximate surface area is 122 Å². The van der Waals surface area contributed by atoms with E-state index < -0.39 is 4.92 Å². The van der Waals surface area contributed by atoms with Gasteiger partial charge in [0, 0.05) is 18.7 Å². The van der Waals surface area contributed by atoms with Gasteiger partial charge in [-0.1, -0.05) is 24.3 Å². The number of hydrogen-bond acceptors (Lipinski definition) is 4. The summed E-state index contributed by atoms with van der Waals surface area (Å²) in [6.07, 6.45) is 2.74. The van der Waals surface area contributed by atoms with Gasteiger partial charge in [-0.2, -0.15) is 5.10 Å². The fraction of sp³-hybridized carbons (Fsp3) is 0.188. The molecule has 0 saturated carbocycles. The molecule has 0 atom stereocenters. The maximum atomic E-state index is 10.6. The highest BCUT2D eigenvalue weighted by molar-refractivity contribution is 5.79. The number of nitro benzene ring substituents is 1. The van der Waals surface area contributed by atoms with E-state index >= 15 is 0 Å². The van der Waals surface area contributed by atoms with Crippen molar-refractivity contribution in [2.75, 3.05) is 6.54 Å². The maximum Gasteiger partial charge on any atom is 0.269 e. The number of benzene rings is 2. The van der Waals surface area contributed by atoms with Crippen LogP contribution in [0.4, 0.5) is 5.69 Å². The number of nitrogens with zero attached hydrogens (tertiary/aromatic N) is 3. The molecule has 5 heteroatoms. The fourth-order valence-corrected chi connectivity index (χ4v) is 2.41. The van der Waals surface area contributed by atoms with Crippen LogP contribution in [-0.2, 0) is 13.0 Å². The molecule has 2 aromatic rings. The lowest BCUT2D eigenvalue weighted by molar-refractivity contribution is -0.384. The molecule has 0 aliphatic carbocycles. The van der Waals surface area contributed by atoms with Crippen molar-refractivity contribution in [2.24, 2.45) is 5.10 Å². The van der Waals surface area contributed by atoms with E-state index in [0.29, 0.717) is 0 Å². The minimum Gasteiger partial charge on any atom is -0.292 e. The highest BCUT2D eigenvalue weighted by Crippen LogP contribution is 2.18. The Morgan fingerprint density at radius 2 is 1.81 bits per heavy atom. The van der Waals surface area contributed by atoms with Gasteiger partial charge in [-0.15, -0.1) is 0 Å². The summed E-state index contributed by atoms with van der Waals surface area (Å²) in [4.78, 5) is 10.2. The van der Waals surface area contributed by atoms with Crippen LogP contribution in [0.3, 0.4) is 0 Å². The van der Waals surface area contributed by atoms with Crippen molar-refractivity contribution in [2.45, 2.75) is 13.0 Å². The van der Waals surface area contributed by atoms with Crippen LogP contribution in [0, 0.1) is 10.1 Å². The molecule has 3 rings (SSSR count). The van der Waals surface area contributed by atoms with E-state index in [2.05, 4.69) is 23.3 Å². The molecule has 0 amide bonds. The summed E-state index contributed by atoms with van der Waals surface area (Å²) < 4.78 is 0. The van der Waals surface area contributed by atoms with Crippen molar-refractivity contribution < 1.29 is 4.92 Å². The van der Waals surface area contributed by atoms with E-state index in [4.69, 9.17) is 0 Å². The van der Waals surface area contributed by atoms with Crippen molar-refractivity contribution >= 4 is 11.9 Å². The maximum absolute atomic E-state index is 10.6. The number of non-ortho nitro benzene ring substituents is 1. The zero-order valence-corrected chi connectivity index (χ0v) is 11.5. The Bertz CT molecular complexity index is 680. The summed E-state index contributed by atoms with van der Waals surface area (Å²) in [5.41, 5.74) is 3.65. The first kappa shape index (κ1) is 13.3. The van der Waals surface area contributed by atoms with E-state index in [9.17, 15) is 10.1 Å². The second kappa shape index (κ2) is 5.75. The van der Waals surface area contributed by atoms with Gasteiger partial charge in [0.25, 0.3) is 5.69 Å². The lowest BCUT2D eigenvalue weighted by atomic mass is 10.0. The lowest BCUT2D eigenvalue weighted by Gasteiger charge is -2.26. The van der Waals surface area contributed by atoms with Gasteiger partial charge in [-0.3, -0.25) is 15.1 Å². The molecule has 0 spiro atoms. The van der Waals surface area contributed by atoms with Crippen LogP contribution in [0.2, 0.25) is 0 Å². The summed E-state index contributed by atoms with van der Waals surface area (Å²) in [7, 11) is 0. The third-order valence-corrected chi connectivity index (χ3v) is 3.58. The molecule has 21 heavy (non-hydrogen) atoms. The van der Waals surface area contributed by atoms with Gasteiger partial charge < -0.3 is 0 Å². The Hall–Kier alpha value is -2.69. The molecule has 106 valence electrons. The molecule has 0 fully saturated rings. The Morgan fingerprint density at radius 1 is 1.10 bits per heavy atom. The predicted molar refractivity (Wildman–Crippen MR) is 81.2 cm³/mol. The zero-order chi connectivity index (χ0) is 14.7. The largest absolute Gasteiger partial charge is 0.292 e. The minimum absolute atomic E-state index is 0.0963. The molecule has 0 N–H and O–H groups in total. The first-order valence-corrected chi connectivity index (χ1v) is 6.82. The van der Waals surface area contributed by atoms with Crippen molar-refractivity contribution in [3.05, 3.63) is 75.3 Å². The Morgan fingerprint density at radius 3 is 2.52 bits per heavy atom. The highest BCUT2D eigenvalue weighted by atomic mass is 16.6. The molecule has 0 radical (unpaired) electrons. The molecule has 0 unspecified atom stereocenters. The van der Waals surface area contributed by atoms with Crippen molar-refractivity contribution in [1.82, 2.24) is 5.01 Å². The van der Waals surface area contributed by atoms with Crippen LogP contribution >= 0.6 is 0 Å². The summed E-state index contributed by atoms with van der Waals surface area (Å²) in [6.45, 7) is 1.69. The molecule has 1 heterocycles. The average Bonchev–Trinajstić information content (AvgIpc) is 2.53. The minimum atomic E-state index is -0.400. The van der Waals surface area contributed by atoms with Gasteiger partial charge in [-0.05, 0) is 35.2 Å². The Kier molecular flexibility index (Phi) is 3.64. The van der Waals surface area contributed by atoms with Crippen molar-refractivity contribution in [3.8, 4) is 0 Å². The monoisotopic (exact) mass is 281 g/mol. The average molecular weight is 281 g/mol. The van der Waals surface area contributed by atoms with E-state index in [1.807, 2.05) is 11.1 Å². The third-order valence-electron chi connectivity index (χ3n) is 3.58. The van der Waals surface area contributed by atoms with E-state index in [1.54, 1.807) is 18.3 Å². The topological polar surface area (TPSA) is 58.7 Å². The van der Waals surface area contributed by atoms with Crippen LogP contribution in [0.25, 0.3) is 0 Å². The standard InChI is InChI=1S/C16H15N3O2/c20-19(21)16-7-5-13(6-8-16)11-17-18-10-9-14-3-1-2-4-15(14)12-18/h1-8,11H,9-10,12H2/b17-11+. The molecule has 1 aliphatic heterocycles. The second-order valence-corrected chi connectivity index (χ2v) is 5.00. The first-order valence-electron chi connectivity index (χ1n) is 6.82. The fourth-order valence-electron chi connectivity index (χ4n) is 2.41.